The molecule has 0 saturated carbocycles. The van der Waals surface area contributed by atoms with Gasteiger partial charge < -0.3 is 0 Å². The van der Waals surface area contributed by atoms with E-state index in [0.29, 0.717) is 0 Å². The van der Waals surface area contributed by atoms with Gasteiger partial charge in [0.2, 0.25) is 0 Å². The number of hydrogen-bond donors (Lipinski definition) is 1. The number of nitrogens with one attached hydrogen (secondary N) is 1. The second-order valence-corrected chi connectivity index (χ2v) is 1.52. The zero-order valence-corrected chi connectivity index (χ0v) is 4.02. The molecule has 0 aliphatic carbocycles. The van der Waals surface area contributed by atoms with Crippen molar-refractivity contribution in [2.75, 3.05) is 13.1 Å². The van der Waals surface area contributed by atoms with Crippen molar-refractivity contribution < 1.29 is 0 Å². The summed E-state index contributed by atoms with van der Waals surface area (Å²) in [4.78, 5) is 0. The summed E-state index contributed by atoms with van der Waals surface area (Å²) in [7, 11) is 0. The molecule has 1 N–H and O–H groups in total. The quantitative estimate of drug-likeness (QED) is 0.376. The molecular formula is C4H8N3Na. The van der Waals surface area contributed by atoms with Crippen LogP contribution in [-0.2, 0) is 0 Å². The molecule has 1 heterocycles. The topological polar surface area (TPSA) is 39.5 Å². The summed E-state index contributed by atoms with van der Waals surface area (Å²) < 4.78 is 0. The van der Waals surface area contributed by atoms with E-state index >= 15 is 0 Å². The first-order valence-corrected chi connectivity index (χ1v) is 2.31. The minimum atomic E-state index is 0. The Labute approximate surface area is 70.6 Å². The van der Waals surface area contributed by atoms with E-state index in [1.54, 1.807) is 0 Å². The fourth-order valence-corrected chi connectivity index (χ4v) is 0.470. The van der Waals surface area contributed by atoms with Crippen LogP contribution < -0.4 is 0 Å². The van der Waals surface area contributed by atoms with Gasteiger partial charge in [-0.1, -0.05) is 0 Å². The first kappa shape index (κ1) is 8.18. The van der Waals surface area contributed by atoms with Crippen LogP contribution in [0.25, 0.3) is 0 Å². The molecule has 1 rings (SSSR count). The van der Waals surface area contributed by atoms with Gasteiger partial charge in [-0.25, -0.2) is 5.41 Å². The van der Waals surface area contributed by atoms with Crippen LogP contribution in [0.3, 0.4) is 0 Å². The van der Waals surface area contributed by atoms with Crippen molar-refractivity contribution in [1.29, 1.82) is 5.41 Å². The third-order valence-electron chi connectivity index (χ3n) is 1.02. The first-order chi connectivity index (χ1) is 3.43. The molecule has 0 atom stereocenters. The van der Waals surface area contributed by atoms with Crippen LogP contribution in [0.4, 0.5) is 0 Å². The van der Waals surface area contributed by atoms with Gasteiger partial charge in [-0.2, -0.15) is 0 Å². The molecule has 0 radical (unpaired) electrons. The van der Waals surface area contributed by atoms with Gasteiger partial charge in [0.05, 0.1) is 0 Å². The van der Waals surface area contributed by atoms with Crippen molar-refractivity contribution in [3.05, 3.63) is 0 Å². The van der Waals surface area contributed by atoms with Gasteiger partial charge in [0.15, 0.2) is 0 Å². The van der Waals surface area contributed by atoms with E-state index in [4.69, 9.17) is 5.41 Å². The van der Waals surface area contributed by atoms with Gasteiger partial charge in [-0.3, -0.25) is 5.01 Å². The Morgan fingerprint density at radius 3 is 2.25 bits per heavy atom. The monoisotopic (exact) mass is 121 g/mol. The molecule has 8 heavy (non-hydrogen) atoms. The summed E-state index contributed by atoms with van der Waals surface area (Å²) >= 11 is 0. The standard InChI is InChI=1S/C4H7N3.Na.H/c5-4-6-7-2-1-3-7;;/h5H,1-3H2;;. The molecule has 0 unspecified atom stereocenters. The summed E-state index contributed by atoms with van der Waals surface area (Å²) in [6.07, 6.45) is 1.21. The summed E-state index contributed by atoms with van der Waals surface area (Å²) in [5, 5.41) is 11.8. The van der Waals surface area contributed by atoms with Gasteiger partial charge in [-0.05, 0) is 6.42 Å². The molecule has 3 nitrogen and oxygen atoms in total. The number of hydrazone groups is 1. The summed E-state index contributed by atoms with van der Waals surface area (Å²) in [5.41, 5.74) is 0. The average Bonchev–Trinajstić information content (AvgIpc) is 1.55. The van der Waals surface area contributed by atoms with Crippen molar-refractivity contribution in [2.45, 2.75) is 6.42 Å². The second kappa shape index (κ2) is 4.10. The van der Waals surface area contributed by atoms with Crippen LogP contribution in [0.15, 0.2) is 5.10 Å². The molecule has 1 aliphatic rings. The van der Waals surface area contributed by atoms with E-state index in [1.165, 1.54) is 6.42 Å². The minimum absolute atomic E-state index is 0. The fraction of sp³-hybridized carbons (Fsp3) is 0.750. The van der Waals surface area contributed by atoms with E-state index in [1.807, 2.05) is 11.0 Å². The normalized spacial score (nSPS) is 15.2. The Bertz CT molecular complexity index is 104. The van der Waals surface area contributed by atoms with E-state index in [-0.39, 0.29) is 29.6 Å². The third-order valence-corrected chi connectivity index (χ3v) is 1.02. The van der Waals surface area contributed by atoms with Crippen molar-refractivity contribution in [2.24, 2.45) is 5.10 Å². The molecule has 0 spiro atoms. The number of rotatable bonds is 1. The van der Waals surface area contributed by atoms with Crippen LogP contribution in [0.5, 0.6) is 0 Å². The predicted molar refractivity (Wildman–Crippen MR) is 33.5 cm³/mol. The van der Waals surface area contributed by atoms with Crippen LogP contribution in [0, 0.1) is 5.41 Å². The molecule has 0 aromatic heterocycles. The zero-order valence-electron chi connectivity index (χ0n) is 4.02. The Kier molecular flexibility index (Phi) is 4.19. The van der Waals surface area contributed by atoms with Gasteiger partial charge in [0, 0.05) is 13.1 Å². The van der Waals surface area contributed by atoms with Gasteiger partial charge in [-0.15, -0.1) is 5.10 Å². The Balaban J connectivity index is 0.000000490. The molecule has 0 amide bonds. The zero-order chi connectivity index (χ0) is 5.11. The van der Waals surface area contributed by atoms with Gasteiger partial charge in [0.25, 0.3) is 0 Å². The molecular weight excluding hydrogens is 113 g/mol. The molecule has 0 aromatic rings. The summed E-state index contributed by atoms with van der Waals surface area (Å²) in [6.45, 7) is 2.01. The Hall–Kier alpha value is 0.180. The van der Waals surface area contributed by atoms with E-state index in [0.717, 1.165) is 13.1 Å². The van der Waals surface area contributed by atoms with E-state index in [9.17, 15) is 0 Å². The SMILES string of the molecule is N=C=NN1CCC1.[NaH]. The molecule has 1 saturated heterocycles. The van der Waals surface area contributed by atoms with Gasteiger partial charge in [0.1, 0.15) is 6.01 Å². The van der Waals surface area contributed by atoms with Crippen LogP contribution in [-0.4, -0.2) is 53.7 Å². The van der Waals surface area contributed by atoms with Crippen molar-refractivity contribution in [1.82, 2.24) is 5.01 Å². The van der Waals surface area contributed by atoms with Crippen molar-refractivity contribution >= 4 is 35.6 Å². The molecule has 0 bridgehead atoms. The van der Waals surface area contributed by atoms with Crippen molar-refractivity contribution in [3.63, 3.8) is 0 Å². The maximum atomic E-state index is 6.41. The molecule has 0 aromatic carbocycles. The second-order valence-electron chi connectivity index (χ2n) is 1.52. The fourth-order valence-electron chi connectivity index (χ4n) is 0.470. The average molecular weight is 121 g/mol. The van der Waals surface area contributed by atoms with Crippen LogP contribution in [0.1, 0.15) is 6.42 Å². The van der Waals surface area contributed by atoms with Gasteiger partial charge >= 0.3 is 29.6 Å². The Morgan fingerprint density at radius 2 is 2.12 bits per heavy atom. The van der Waals surface area contributed by atoms with Crippen LogP contribution in [0.2, 0.25) is 0 Å². The Morgan fingerprint density at radius 1 is 1.50 bits per heavy atom. The number of hydrogen-bond acceptors (Lipinski definition) is 3. The number of nitrogens with zero attached hydrogens (tertiary/aromatic N) is 2. The maximum absolute atomic E-state index is 6.41. The molecule has 1 aliphatic heterocycles. The third kappa shape index (κ3) is 1.97. The molecule has 40 valence electrons. The molecule has 1 fully saturated rings. The summed E-state index contributed by atoms with van der Waals surface area (Å²) in [6, 6.07) is 1.97. The molecule has 4 heteroatoms. The van der Waals surface area contributed by atoms with Crippen LogP contribution >= 0.6 is 0 Å². The van der Waals surface area contributed by atoms with Crippen molar-refractivity contribution in [3.8, 4) is 0 Å². The van der Waals surface area contributed by atoms with E-state index in [2.05, 4.69) is 5.10 Å². The summed E-state index contributed by atoms with van der Waals surface area (Å²) in [5.74, 6) is 0. The van der Waals surface area contributed by atoms with E-state index < -0.39 is 0 Å². The first-order valence-electron chi connectivity index (χ1n) is 2.31. The predicted octanol–water partition coefficient (Wildman–Crippen LogP) is -0.289.